The molecule has 0 radical (unpaired) electrons. The Morgan fingerprint density at radius 3 is 2.29 bits per heavy atom. The lowest BCUT2D eigenvalue weighted by Crippen LogP contribution is -2.42. The Bertz CT molecular complexity index is 733. The minimum Gasteiger partial charge on any atom is -0.274 e. The summed E-state index contributed by atoms with van der Waals surface area (Å²) in [6.45, 7) is 0. The predicted octanol–water partition coefficient (Wildman–Crippen LogP) is 1.59. The van der Waals surface area contributed by atoms with Crippen LogP contribution in [-0.4, -0.2) is 14.3 Å². The normalized spacial score (nSPS) is 11.1. The topological polar surface area (TPSA) is 75.3 Å². The second-order valence-corrected chi connectivity index (χ2v) is 6.00. The van der Waals surface area contributed by atoms with E-state index in [-0.39, 0.29) is 11.3 Å². The van der Waals surface area contributed by atoms with Crippen molar-refractivity contribution in [1.29, 1.82) is 0 Å². The van der Waals surface area contributed by atoms with Gasteiger partial charge < -0.3 is 0 Å². The lowest BCUT2D eigenvalue weighted by molar-refractivity contribution is 0.0941. The second kappa shape index (κ2) is 6.47. The highest BCUT2D eigenvalue weighted by Gasteiger charge is 2.15. The average Bonchev–Trinajstić information content (AvgIpc) is 2.46. The van der Waals surface area contributed by atoms with E-state index in [1.54, 1.807) is 30.3 Å². The minimum absolute atomic E-state index is 0.236. The van der Waals surface area contributed by atoms with Gasteiger partial charge in [0.1, 0.15) is 5.82 Å². The zero-order valence-electron chi connectivity index (χ0n) is 10.9. The monoisotopic (exact) mass is 308 g/mol. The van der Waals surface area contributed by atoms with Crippen LogP contribution >= 0.6 is 0 Å². The molecule has 2 aromatic carbocycles. The van der Waals surface area contributed by atoms with Gasteiger partial charge in [-0.05, 0) is 17.7 Å². The van der Waals surface area contributed by atoms with Gasteiger partial charge in [0.15, 0.2) is 0 Å². The molecule has 0 spiro atoms. The first kappa shape index (κ1) is 15.1. The molecule has 2 rings (SSSR count). The molecule has 0 heterocycles. The molecular formula is C14H13FN2O3S. The zero-order valence-corrected chi connectivity index (χ0v) is 11.7. The fourth-order valence-corrected chi connectivity index (χ4v) is 2.62. The van der Waals surface area contributed by atoms with Crippen molar-refractivity contribution in [3.8, 4) is 0 Å². The van der Waals surface area contributed by atoms with E-state index in [0.717, 1.165) is 6.07 Å². The van der Waals surface area contributed by atoms with Crippen LogP contribution in [0, 0.1) is 5.82 Å². The third-order valence-electron chi connectivity index (χ3n) is 2.64. The van der Waals surface area contributed by atoms with E-state index in [2.05, 4.69) is 0 Å². The first-order valence-electron chi connectivity index (χ1n) is 6.06. The quantitative estimate of drug-likeness (QED) is 0.824. The number of carbonyl (C=O) groups excluding carboxylic acids is 1. The lowest BCUT2D eigenvalue weighted by Gasteiger charge is -2.09. The molecule has 0 fully saturated rings. The molecule has 110 valence electrons. The van der Waals surface area contributed by atoms with Gasteiger partial charge in [0, 0.05) is 0 Å². The van der Waals surface area contributed by atoms with Gasteiger partial charge in [-0.1, -0.05) is 42.5 Å². The van der Waals surface area contributed by atoms with Crippen LogP contribution in [0.2, 0.25) is 0 Å². The Hall–Kier alpha value is -2.25. The molecule has 2 N–H and O–H groups in total. The van der Waals surface area contributed by atoms with Crippen molar-refractivity contribution in [2.24, 2.45) is 0 Å². The summed E-state index contributed by atoms with van der Waals surface area (Å²) in [6, 6.07) is 13.8. The standard InChI is InChI=1S/C14H13FN2O3S/c15-13-9-5-4-8-12(13)14(18)16-17-21(19,20)10-11-6-2-1-3-7-11/h1-9,17H,10H2,(H,16,18). The Labute approximate surface area is 121 Å². The molecule has 21 heavy (non-hydrogen) atoms. The minimum atomic E-state index is -3.75. The summed E-state index contributed by atoms with van der Waals surface area (Å²) in [5.41, 5.74) is 2.32. The maximum atomic E-state index is 13.4. The van der Waals surface area contributed by atoms with E-state index < -0.39 is 21.7 Å². The van der Waals surface area contributed by atoms with Gasteiger partial charge in [-0.25, -0.2) is 12.8 Å². The Balaban J connectivity index is 1.99. The number of amides is 1. The fourth-order valence-electron chi connectivity index (χ4n) is 1.67. The summed E-state index contributed by atoms with van der Waals surface area (Å²) in [4.78, 5) is 13.6. The van der Waals surface area contributed by atoms with Gasteiger partial charge in [-0.2, -0.15) is 0 Å². The summed E-state index contributed by atoms with van der Waals surface area (Å²) in [5, 5.41) is 0. The van der Waals surface area contributed by atoms with Crippen molar-refractivity contribution in [2.45, 2.75) is 5.75 Å². The number of rotatable bonds is 5. The molecule has 0 aliphatic rings. The van der Waals surface area contributed by atoms with Crippen molar-refractivity contribution in [2.75, 3.05) is 0 Å². The summed E-state index contributed by atoms with van der Waals surface area (Å²) < 4.78 is 37.0. The highest BCUT2D eigenvalue weighted by atomic mass is 32.2. The van der Waals surface area contributed by atoms with Gasteiger partial charge in [0.05, 0.1) is 11.3 Å². The molecule has 0 bridgehead atoms. The fraction of sp³-hybridized carbons (Fsp3) is 0.0714. The van der Waals surface area contributed by atoms with E-state index in [9.17, 15) is 17.6 Å². The smallest absolute Gasteiger partial charge is 0.269 e. The van der Waals surface area contributed by atoms with Gasteiger partial charge >= 0.3 is 0 Å². The van der Waals surface area contributed by atoms with Crippen LogP contribution in [0.1, 0.15) is 15.9 Å². The van der Waals surface area contributed by atoms with Gasteiger partial charge in [0.2, 0.25) is 10.0 Å². The Morgan fingerprint density at radius 1 is 1.00 bits per heavy atom. The molecular weight excluding hydrogens is 295 g/mol. The number of hydrazine groups is 1. The van der Waals surface area contributed by atoms with E-state index >= 15 is 0 Å². The van der Waals surface area contributed by atoms with Crippen LogP contribution in [0.5, 0.6) is 0 Å². The van der Waals surface area contributed by atoms with Crippen LogP contribution in [-0.2, 0) is 15.8 Å². The number of sulfonamides is 1. The Kier molecular flexibility index (Phi) is 4.66. The van der Waals surface area contributed by atoms with Crippen molar-refractivity contribution >= 4 is 15.9 Å². The summed E-state index contributed by atoms with van der Waals surface area (Å²) >= 11 is 0. The SMILES string of the molecule is O=C(NNS(=O)(=O)Cc1ccccc1)c1ccccc1F. The molecule has 0 aromatic heterocycles. The number of nitrogens with one attached hydrogen (secondary N) is 2. The maximum absolute atomic E-state index is 13.4. The molecule has 0 saturated carbocycles. The molecule has 1 amide bonds. The first-order chi connectivity index (χ1) is 9.98. The highest BCUT2D eigenvalue weighted by molar-refractivity contribution is 7.88. The number of carbonyl (C=O) groups is 1. The highest BCUT2D eigenvalue weighted by Crippen LogP contribution is 2.06. The van der Waals surface area contributed by atoms with E-state index in [1.807, 2.05) is 10.3 Å². The van der Waals surface area contributed by atoms with Gasteiger partial charge in [-0.15, -0.1) is 4.83 Å². The molecule has 0 atom stereocenters. The Morgan fingerprint density at radius 2 is 1.62 bits per heavy atom. The van der Waals surface area contributed by atoms with Crippen LogP contribution in [0.4, 0.5) is 4.39 Å². The predicted molar refractivity (Wildman–Crippen MR) is 76.1 cm³/mol. The molecule has 0 aliphatic heterocycles. The van der Waals surface area contributed by atoms with E-state index in [1.165, 1.54) is 18.2 Å². The van der Waals surface area contributed by atoms with Crippen LogP contribution < -0.4 is 10.3 Å². The molecule has 5 nitrogen and oxygen atoms in total. The summed E-state index contributed by atoms with van der Waals surface area (Å²) in [6.07, 6.45) is 0. The molecule has 0 saturated heterocycles. The molecule has 0 aliphatic carbocycles. The average molecular weight is 308 g/mol. The third kappa shape index (κ3) is 4.37. The second-order valence-electron chi connectivity index (χ2n) is 4.28. The number of hydrogen-bond donors (Lipinski definition) is 2. The number of benzene rings is 2. The van der Waals surface area contributed by atoms with Crippen molar-refractivity contribution in [1.82, 2.24) is 10.3 Å². The van der Waals surface area contributed by atoms with E-state index in [4.69, 9.17) is 0 Å². The maximum Gasteiger partial charge on any atom is 0.269 e. The number of halogens is 1. The first-order valence-corrected chi connectivity index (χ1v) is 7.71. The van der Waals surface area contributed by atoms with Crippen LogP contribution in [0.25, 0.3) is 0 Å². The molecule has 7 heteroatoms. The van der Waals surface area contributed by atoms with E-state index in [0.29, 0.717) is 5.56 Å². The van der Waals surface area contributed by atoms with Crippen LogP contribution in [0.3, 0.4) is 0 Å². The van der Waals surface area contributed by atoms with Crippen molar-refractivity contribution in [3.63, 3.8) is 0 Å². The van der Waals surface area contributed by atoms with Gasteiger partial charge in [-0.3, -0.25) is 10.2 Å². The summed E-state index contributed by atoms with van der Waals surface area (Å²) in [5.74, 6) is -1.87. The largest absolute Gasteiger partial charge is 0.274 e. The van der Waals surface area contributed by atoms with Crippen molar-refractivity contribution < 1.29 is 17.6 Å². The van der Waals surface area contributed by atoms with Crippen molar-refractivity contribution in [3.05, 3.63) is 71.5 Å². The number of hydrogen-bond acceptors (Lipinski definition) is 3. The zero-order chi connectivity index (χ0) is 15.3. The third-order valence-corrected chi connectivity index (χ3v) is 3.76. The van der Waals surface area contributed by atoms with Gasteiger partial charge in [0.25, 0.3) is 5.91 Å². The molecule has 2 aromatic rings. The molecule has 0 unspecified atom stereocenters. The lowest BCUT2D eigenvalue weighted by atomic mass is 10.2. The summed E-state index contributed by atoms with van der Waals surface area (Å²) in [7, 11) is -3.75. The van der Waals surface area contributed by atoms with Crippen LogP contribution in [0.15, 0.2) is 54.6 Å².